The normalized spacial score (nSPS) is 11.0. The molecule has 8 heteroatoms. The highest BCUT2D eigenvalue weighted by Gasteiger charge is 2.15. The lowest BCUT2D eigenvalue weighted by atomic mass is 10.2. The van der Waals surface area contributed by atoms with Crippen molar-refractivity contribution < 1.29 is 27.9 Å². The van der Waals surface area contributed by atoms with Crippen molar-refractivity contribution in [1.29, 1.82) is 0 Å². The first-order valence-electron chi connectivity index (χ1n) is 7.97. The van der Waals surface area contributed by atoms with E-state index in [4.69, 9.17) is 9.84 Å². The number of hydrogen-bond acceptors (Lipinski definition) is 5. The van der Waals surface area contributed by atoms with Gasteiger partial charge in [0.2, 0.25) is 0 Å². The Bertz CT molecular complexity index is 873. The third-order valence-electron chi connectivity index (χ3n) is 3.52. The standard InChI is InChI=1S/C18H19NO6S/c1-2-3-12-25-18(22)14-4-8-15(9-5-14)19-26(23,24)16-10-6-13(7-11-16)17(20)21/h4-11,19H,2-3,12H2,1H3,(H,20,21). The van der Waals surface area contributed by atoms with E-state index in [1.165, 1.54) is 48.5 Å². The van der Waals surface area contributed by atoms with Gasteiger partial charge in [-0.05, 0) is 55.0 Å². The number of carbonyl (C=O) groups excluding carboxylic acids is 1. The first-order valence-corrected chi connectivity index (χ1v) is 9.45. The number of unbranched alkanes of at least 4 members (excludes halogenated alkanes) is 1. The van der Waals surface area contributed by atoms with Crippen LogP contribution >= 0.6 is 0 Å². The largest absolute Gasteiger partial charge is 0.478 e. The van der Waals surface area contributed by atoms with Gasteiger partial charge >= 0.3 is 11.9 Å². The topological polar surface area (TPSA) is 110 Å². The van der Waals surface area contributed by atoms with Gasteiger partial charge in [-0.1, -0.05) is 13.3 Å². The molecular formula is C18H19NO6S. The van der Waals surface area contributed by atoms with Crippen molar-refractivity contribution in [3.63, 3.8) is 0 Å². The van der Waals surface area contributed by atoms with Gasteiger partial charge in [-0.2, -0.15) is 0 Å². The molecular weight excluding hydrogens is 358 g/mol. The van der Waals surface area contributed by atoms with E-state index in [1.54, 1.807) is 0 Å². The van der Waals surface area contributed by atoms with Crippen LogP contribution in [0, 0.1) is 0 Å². The van der Waals surface area contributed by atoms with Crippen LogP contribution < -0.4 is 4.72 Å². The lowest BCUT2D eigenvalue weighted by Crippen LogP contribution is -2.13. The van der Waals surface area contributed by atoms with Gasteiger partial charge < -0.3 is 9.84 Å². The van der Waals surface area contributed by atoms with Crippen LogP contribution in [0.2, 0.25) is 0 Å². The van der Waals surface area contributed by atoms with Crippen LogP contribution in [0.15, 0.2) is 53.4 Å². The minimum absolute atomic E-state index is 0.00473. The number of ether oxygens (including phenoxy) is 1. The smallest absolute Gasteiger partial charge is 0.338 e. The van der Waals surface area contributed by atoms with E-state index >= 15 is 0 Å². The molecule has 138 valence electrons. The Kier molecular flexibility index (Phi) is 6.35. The highest BCUT2D eigenvalue weighted by molar-refractivity contribution is 7.92. The molecule has 0 spiro atoms. The van der Waals surface area contributed by atoms with Gasteiger partial charge in [0, 0.05) is 5.69 Å². The molecule has 0 amide bonds. The first kappa shape index (κ1) is 19.5. The number of sulfonamides is 1. The minimum atomic E-state index is -3.87. The third kappa shape index (κ3) is 5.06. The Balaban J connectivity index is 2.07. The average molecular weight is 377 g/mol. The maximum absolute atomic E-state index is 12.3. The van der Waals surface area contributed by atoms with E-state index < -0.39 is 22.0 Å². The molecule has 0 aromatic heterocycles. The molecule has 2 N–H and O–H groups in total. The molecule has 0 unspecified atom stereocenters. The number of hydrogen-bond donors (Lipinski definition) is 2. The summed E-state index contributed by atoms with van der Waals surface area (Å²) in [6.45, 7) is 2.33. The summed E-state index contributed by atoms with van der Waals surface area (Å²) in [5.74, 6) is -1.60. The van der Waals surface area contributed by atoms with E-state index in [0.717, 1.165) is 12.8 Å². The first-order chi connectivity index (χ1) is 12.3. The summed E-state index contributed by atoms with van der Waals surface area (Å²) < 4.78 is 32.1. The van der Waals surface area contributed by atoms with Gasteiger partial charge in [-0.3, -0.25) is 4.72 Å². The molecule has 2 aromatic rings. The number of rotatable bonds is 8. The van der Waals surface area contributed by atoms with E-state index in [1.807, 2.05) is 6.92 Å². The fourth-order valence-corrected chi connectivity index (χ4v) is 3.12. The van der Waals surface area contributed by atoms with Gasteiger partial charge in [0.15, 0.2) is 0 Å². The molecule has 7 nitrogen and oxygen atoms in total. The zero-order valence-electron chi connectivity index (χ0n) is 14.1. The molecule has 2 rings (SSSR count). The highest BCUT2D eigenvalue weighted by Crippen LogP contribution is 2.18. The highest BCUT2D eigenvalue weighted by atomic mass is 32.2. The molecule has 0 aliphatic rings. The summed E-state index contributed by atoms with van der Waals surface area (Å²) in [6.07, 6.45) is 1.70. The summed E-state index contributed by atoms with van der Waals surface area (Å²) >= 11 is 0. The number of carboxylic acid groups (broad SMARTS) is 1. The molecule has 0 fully saturated rings. The number of carbonyl (C=O) groups is 2. The Morgan fingerprint density at radius 1 is 1.00 bits per heavy atom. The summed E-state index contributed by atoms with van der Waals surface area (Å²) in [7, 11) is -3.87. The Morgan fingerprint density at radius 2 is 1.58 bits per heavy atom. The molecule has 0 heterocycles. The number of nitrogens with one attached hydrogen (secondary N) is 1. The van der Waals surface area contributed by atoms with Crippen molar-refractivity contribution >= 4 is 27.6 Å². The van der Waals surface area contributed by atoms with Gasteiger partial charge in [0.1, 0.15) is 0 Å². The summed E-state index contributed by atoms with van der Waals surface area (Å²) in [5, 5.41) is 8.85. The predicted octanol–water partition coefficient (Wildman–Crippen LogP) is 3.14. The van der Waals surface area contributed by atoms with Crippen LogP contribution in [0.4, 0.5) is 5.69 Å². The second kappa shape index (κ2) is 8.48. The molecule has 0 bridgehead atoms. The second-order valence-corrected chi connectivity index (χ2v) is 7.18. The van der Waals surface area contributed by atoms with E-state index in [0.29, 0.717) is 12.2 Å². The zero-order chi connectivity index (χ0) is 19.2. The van der Waals surface area contributed by atoms with Gasteiger partial charge in [-0.15, -0.1) is 0 Å². The molecule has 2 aromatic carbocycles. The van der Waals surface area contributed by atoms with Crippen molar-refractivity contribution in [3.8, 4) is 0 Å². The molecule has 0 saturated heterocycles. The Morgan fingerprint density at radius 3 is 2.12 bits per heavy atom. The summed E-state index contributed by atoms with van der Waals surface area (Å²) in [5.41, 5.74) is 0.599. The van der Waals surface area contributed by atoms with Gasteiger partial charge in [-0.25, -0.2) is 18.0 Å². The SMILES string of the molecule is CCCCOC(=O)c1ccc(NS(=O)(=O)c2ccc(C(=O)O)cc2)cc1. The van der Waals surface area contributed by atoms with Crippen molar-refractivity contribution in [2.75, 3.05) is 11.3 Å². The zero-order valence-corrected chi connectivity index (χ0v) is 15.0. The predicted molar refractivity (Wildman–Crippen MR) is 95.8 cm³/mol. The van der Waals surface area contributed by atoms with E-state index in [-0.39, 0.29) is 16.1 Å². The maximum Gasteiger partial charge on any atom is 0.338 e. The van der Waals surface area contributed by atoms with Crippen LogP contribution in [0.25, 0.3) is 0 Å². The van der Waals surface area contributed by atoms with Crippen molar-refractivity contribution in [2.24, 2.45) is 0 Å². The molecule has 0 aliphatic heterocycles. The van der Waals surface area contributed by atoms with Crippen LogP contribution in [-0.4, -0.2) is 32.1 Å². The molecule has 0 saturated carbocycles. The maximum atomic E-state index is 12.3. The van der Waals surface area contributed by atoms with Crippen molar-refractivity contribution in [2.45, 2.75) is 24.7 Å². The van der Waals surface area contributed by atoms with Crippen LogP contribution in [0.1, 0.15) is 40.5 Å². The molecule has 26 heavy (non-hydrogen) atoms. The fourth-order valence-electron chi connectivity index (χ4n) is 2.06. The minimum Gasteiger partial charge on any atom is -0.478 e. The van der Waals surface area contributed by atoms with E-state index in [9.17, 15) is 18.0 Å². The molecule has 0 atom stereocenters. The average Bonchev–Trinajstić information content (AvgIpc) is 2.62. The van der Waals surface area contributed by atoms with E-state index in [2.05, 4.69) is 4.72 Å². The van der Waals surface area contributed by atoms with Crippen molar-refractivity contribution in [1.82, 2.24) is 0 Å². The van der Waals surface area contributed by atoms with Crippen LogP contribution in [-0.2, 0) is 14.8 Å². The number of carboxylic acids is 1. The molecule has 0 aliphatic carbocycles. The van der Waals surface area contributed by atoms with Crippen molar-refractivity contribution in [3.05, 3.63) is 59.7 Å². The number of esters is 1. The third-order valence-corrected chi connectivity index (χ3v) is 4.91. The quantitative estimate of drug-likeness (QED) is 0.540. The van der Waals surface area contributed by atoms with Crippen LogP contribution in [0.5, 0.6) is 0 Å². The molecule has 0 radical (unpaired) electrons. The monoisotopic (exact) mass is 377 g/mol. The van der Waals surface area contributed by atoms with Crippen LogP contribution in [0.3, 0.4) is 0 Å². The number of benzene rings is 2. The lowest BCUT2D eigenvalue weighted by Gasteiger charge is -2.09. The number of aromatic carboxylic acids is 1. The van der Waals surface area contributed by atoms with Gasteiger partial charge in [0.25, 0.3) is 10.0 Å². The summed E-state index contributed by atoms with van der Waals surface area (Å²) in [6, 6.07) is 10.7. The lowest BCUT2D eigenvalue weighted by molar-refractivity contribution is 0.0499. The fraction of sp³-hybridized carbons (Fsp3) is 0.222. The summed E-state index contributed by atoms with van der Waals surface area (Å²) in [4.78, 5) is 22.6. The Labute approximate surface area is 151 Å². The van der Waals surface area contributed by atoms with Gasteiger partial charge in [0.05, 0.1) is 22.6 Å². The second-order valence-electron chi connectivity index (χ2n) is 5.50. The Hall–Kier alpha value is -2.87. The number of anilines is 1.